The second-order valence-corrected chi connectivity index (χ2v) is 12.7. The van der Waals surface area contributed by atoms with Gasteiger partial charge in [-0.25, -0.2) is 8.42 Å². The summed E-state index contributed by atoms with van der Waals surface area (Å²) in [7, 11) is -4.13. The summed E-state index contributed by atoms with van der Waals surface area (Å²) in [5.41, 5.74) is 2.97. The second kappa shape index (κ2) is 12.9. The molecule has 0 aromatic heterocycles. The molecular formula is C31H36ClN3O4S. The Kier molecular flexibility index (Phi) is 9.53. The molecule has 4 rings (SSSR count). The van der Waals surface area contributed by atoms with Gasteiger partial charge in [0.15, 0.2) is 0 Å². The number of carbonyl (C=O) groups is 2. The van der Waals surface area contributed by atoms with Crippen LogP contribution in [-0.4, -0.2) is 43.8 Å². The SMILES string of the molecule is Cc1ccc(CN(C(=O)CN(c2ccc(C)c(Cl)c2)S(=O)(=O)c2ccccc2)C(C)C(=O)NC2CCCC2)cc1. The molecule has 212 valence electrons. The first-order valence-corrected chi connectivity index (χ1v) is 15.4. The lowest BCUT2D eigenvalue weighted by Gasteiger charge is -2.32. The highest BCUT2D eigenvalue weighted by Gasteiger charge is 2.33. The Morgan fingerprint density at radius 1 is 0.975 bits per heavy atom. The Balaban J connectivity index is 1.69. The summed E-state index contributed by atoms with van der Waals surface area (Å²) in [4.78, 5) is 28.8. The highest BCUT2D eigenvalue weighted by atomic mass is 35.5. The number of hydrogen-bond acceptors (Lipinski definition) is 4. The average Bonchev–Trinajstić information content (AvgIpc) is 3.46. The molecule has 1 aliphatic rings. The molecule has 1 N–H and O–H groups in total. The van der Waals surface area contributed by atoms with Gasteiger partial charge in [0.25, 0.3) is 10.0 Å². The van der Waals surface area contributed by atoms with Crippen LogP contribution in [0.5, 0.6) is 0 Å². The van der Waals surface area contributed by atoms with E-state index in [1.165, 1.54) is 17.0 Å². The van der Waals surface area contributed by atoms with Gasteiger partial charge in [-0.15, -0.1) is 0 Å². The number of halogens is 1. The predicted molar refractivity (Wildman–Crippen MR) is 159 cm³/mol. The molecule has 0 bridgehead atoms. The van der Waals surface area contributed by atoms with Crippen LogP contribution in [0.4, 0.5) is 5.69 Å². The van der Waals surface area contributed by atoms with Crippen molar-refractivity contribution >= 4 is 39.1 Å². The number of anilines is 1. The molecule has 0 aliphatic heterocycles. The van der Waals surface area contributed by atoms with E-state index in [0.717, 1.165) is 46.7 Å². The van der Waals surface area contributed by atoms with E-state index in [1.807, 2.05) is 38.1 Å². The smallest absolute Gasteiger partial charge is 0.264 e. The highest BCUT2D eigenvalue weighted by Crippen LogP contribution is 2.28. The van der Waals surface area contributed by atoms with Crippen molar-refractivity contribution in [2.75, 3.05) is 10.8 Å². The molecule has 0 saturated heterocycles. The molecule has 0 spiro atoms. The maximum Gasteiger partial charge on any atom is 0.264 e. The van der Waals surface area contributed by atoms with Crippen LogP contribution in [0.1, 0.15) is 49.3 Å². The molecule has 1 atom stereocenters. The van der Waals surface area contributed by atoms with E-state index in [9.17, 15) is 18.0 Å². The standard InChI is InChI=1S/C31H36ClN3O4S/c1-22-13-16-25(17-14-22)20-34(24(3)31(37)33-26-9-7-8-10-26)30(36)21-35(27-18-15-23(2)29(32)19-27)40(38,39)28-11-5-4-6-12-28/h4-6,11-19,24,26H,7-10,20-21H2,1-3H3,(H,33,37). The van der Waals surface area contributed by atoms with E-state index in [4.69, 9.17) is 11.6 Å². The van der Waals surface area contributed by atoms with Crippen LogP contribution < -0.4 is 9.62 Å². The monoisotopic (exact) mass is 581 g/mol. The van der Waals surface area contributed by atoms with Gasteiger partial charge in [-0.05, 0) is 69.0 Å². The number of carbonyl (C=O) groups excluding carboxylic acids is 2. The van der Waals surface area contributed by atoms with Crippen molar-refractivity contribution in [3.8, 4) is 0 Å². The van der Waals surface area contributed by atoms with E-state index in [0.29, 0.717) is 5.02 Å². The van der Waals surface area contributed by atoms with Crippen LogP contribution in [-0.2, 0) is 26.2 Å². The first kappa shape index (κ1) is 29.6. The molecule has 1 aliphatic carbocycles. The first-order valence-electron chi connectivity index (χ1n) is 13.6. The Morgan fingerprint density at radius 2 is 1.62 bits per heavy atom. The van der Waals surface area contributed by atoms with Crippen LogP contribution >= 0.6 is 11.6 Å². The first-order chi connectivity index (χ1) is 19.1. The van der Waals surface area contributed by atoms with Crippen LogP contribution in [0.2, 0.25) is 5.02 Å². The number of nitrogens with one attached hydrogen (secondary N) is 1. The summed E-state index contributed by atoms with van der Waals surface area (Å²) in [6, 6.07) is 19.9. The topological polar surface area (TPSA) is 86.8 Å². The third kappa shape index (κ3) is 7.04. The minimum absolute atomic E-state index is 0.0524. The van der Waals surface area contributed by atoms with E-state index in [-0.39, 0.29) is 29.1 Å². The zero-order chi connectivity index (χ0) is 28.9. The minimum atomic E-state index is -4.13. The third-order valence-corrected chi connectivity index (χ3v) is 9.59. The Hall–Kier alpha value is -3.36. The second-order valence-electron chi connectivity index (χ2n) is 10.4. The Morgan fingerprint density at radius 3 is 2.25 bits per heavy atom. The number of benzene rings is 3. The molecule has 1 unspecified atom stereocenters. The van der Waals surface area contributed by atoms with Gasteiger partial charge < -0.3 is 10.2 Å². The largest absolute Gasteiger partial charge is 0.352 e. The van der Waals surface area contributed by atoms with Gasteiger partial charge in [0.1, 0.15) is 12.6 Å². The summed E-state index contributed by atoms with van der Waals surface area (Å²) in [6.45, 7) is 5.15. The van der Waals surface area contributed by atoms with Crippen LogP contribution in [0.3, 0.4) is 0 Å². The molecule has 0 heterocycles. The van der Waals surface area contributed by atoms with E-state index in [1.54, 1.807) is 43.3 Å². The van der Waals surface area contributed by atoms with Crippen molar-refractivity contribution in [3.05, 3.63) is 94.5 Å². The van der Waals surface area contributed by atoms with Gasteiger partial charge >= 0.3 is 0 Å². The molecule has 7 nitrogen and oxygen atoms in total. The van der Waals surface area contributed by atoms with Crippen LogP contribution in [0.25, 0.3) is 0 Å². The van der Waals surface area contributed by atoms with E-state index in [2.05, 4.69) is 5.32 Å². The van der Waals surface area contributed by atoms with E-state index >= 15 is 0 Å². The van der Waals surface area contributed by atoms with Gasteiger partial charge in [0.05, 0.1) is 10.6 Å². The molecule has 3 aromatic carbocycles. The fourth-order valence-electron chi connectivity index (χ4n) is 4.85. The maximum atomic E-state index is 14.0. The number of nitrogens with zero attached hydrogens (tertiary/aromatic N) is 2. The van der Waals surface area contributed by atoms with Gasteiger partial charge in [0.2, 0.25) is 11.8 Å². The zero-order valence-corrected chi connectivity index (χ0v) is 24.7. The Labute approximate surface area is 242 Å². The van der Waals surface area contributed by atoms with Crippen molar-refractivity contribution in [3.63, 3.8) is 0 Å². The van der Waals surface area contributed by atoms with E-state index < -0.39 is 28.5 Å². The van der Waals surface area contributed by atoms with Crippen molar-refractivity contribution in [1.82, 2.24) is 10.2 Å². The Bertz CT molecular complexity index is 1440. The fraction of sp³-hybridized carbons (Fsp3) is 0.355. The van der Waals surface area contributed by atoms with Crippen molar-refractivity contribution in [2.24, 2.45) is 0 Å². The number of aryl methyl sites for hydroxylation is 2. The van der Waals surface area contributed by atoms with Crippen LogP contribution in [0, 0.1) is 13.8 Å². The number of sulfonamides is 1. The average molecular weight is 582 g/mol. The summed E-state index contributed by atoms with van der Waals surface area (Å²) in [5, 5.41) is 3.47. The number of hydrogen-bond donors (Lipinski definition) is 1. The zero-order valence-electron chi connectivity index (χ0n) is 23.1. The minimum Gasteiger partial charge on any atom is -0.352 e. The molecule has 1 fully saturated rings. The molecule has 1 saturated carbocycles. The van der Waals surface area contributed by atoms with Gasteiger partial charge in [-0.2, -0.15) is 0 Å². The van der Waals surface area contributed by atoms with Crippen LogP contribution in [0.15, 0.2) is 77.7 Å². The molecule has 40 heavy (non-hydrogen) atoms. The predicted octanol–water partition coefficient (Wildman–Crippen LogP) is 5.63. The summed E-state index contributed by atoms with van der Waals surface area (Å²) >= 11 is 6.38. The lowest BCUT2D eigenvalue weighted by molar-refractivity contribution is -0.139. The molecule has 3 aromatic rings. The summed E-state index contributed by atoms with van der Waals surface area (Å²) < 4.78 is 28.8. The molecule has 2 amide bonds. The normalized spacial score (nSPS) is 14.5. The molecular weight excluding hydrogens is 546 g/mol. The van der Waals surface area contributed by atoms with Gasteiger partial charge in [-0.3, -0.25) is 13.9 Å². The van der Waals surface area contributed by atoms with Crippen molar-refractivity contribution in [1.29, 1.82) is 0 Å². The maximum absolute atomic E-state index is 14.0. The molecule has 9 heteroatoms. The van der Waals surface area contributed by atoms with Crippen molar-refractivity contribution in [2.45, 2.75) is 70.0 Å². The van der Waals surface area contributed by atoms with Gasteiger partial charge in [-0.1, -0.05) is 78.5 Å². The molecule has 0 radical (unpaired) electrons. The highest BCUT2D eigenvalue weighted by molar-refractivity contribution is 7.92. The summed E-state index contributed by atoms with van der Waals surface area (Å²) in [5.74, 6) is -0.742. The lowest BCUT2D eigenvalue weighted by Crippen LogP contribution is -2.52. The third-order valence-electron chi connectivity index (χ3n) is 7.40. The van der Waals surface area contributed by atoms with Gasteiger partial charge in [0, 0.05) is 17.6 Å². The lowest BCUT2D eigenvalue weighted by atomic mass is 10.1. The van der Waals surface area contributed by atoms with Crippen molar-refractivity contribution < 1.29 is 18.0 Å². The fourth-order valence-corrected chi connectivity index (χ4v) is 6.45. The number of rotatable bonds is 10. The summed E-state index contributed by atoms with van der Waals surface area (Å²) in [6.07, 6.45) is 3.97. The number of amides is 2. The quantitative estimate of drug-likeness (QED) is 0.336.